The fraction of sp³-hybridized carbons (Fsp3) is 0.0625. The van der Waals surface area contributed by atoms with Crippen molar-refractivity contribution in [1.29, 1.82) is 0 Å². The van der Waals surface area contributed by atoms with Crippen molar-refractivity contribution >= 4 is 17.8 Å². The molecule has 2 rings (SSSR count). The second-order valence-electron chi connectivity index (χ2n) is 3.91. The summed E-state index contributed by atoms with van der Waals surface area (Å²) >= 11 is 0. The van der Waals surface area contributed by atoms with Gasteiger partial charge in [-0.1, -0.05) is 60.7 Å². The van der Waals surface area contributed by atoms with Crippen molar-refractivity contribution in [2.75, 3.05) is 0 Å². The van der Waals surface area contributed by atoms with Crippen LogP contribution in [0.1, 0.15) is 17.0 Å². The zero-order chi connectivity index (χ0) is 12.8. The van der Waals surface area contributed by atoms with E-state index in [1.807, 2.05) is 54.5 Å². The van der Waals surface area contributed by atoms with Crippen molar-refractivity contribution in [2.24, 2.45) is 0 Å². The van der Waals surface area contributed by atoms with Crippen molar-refractivity contribution in [2.45, 2.75) is 5.92 Å². The van der Waals surface area contributed by atoms with E-state index in [1.54, 1.807) is 12.1 Å². The summed E-state index contributed by atoms with van der Waals surface area (Å²) in [5, 5.41) is 0. The number of allylic oxidation sites excluding steroid dienone is 1. The molecule has 0 amide bonds. The lowest BCUT2D eigenvalue weighted by molar-refractivity contribution is -0.108. The highest BCUT2D eigenvalue weighted by molar-refractivity contribution is 5.98. The number of benzene rings is 2. The molecule has 0 saturated heterocycles. The van der Waals surface area contributed by atoms with Gasteiger partial charge in [-0.25, -0.2) is 4.79 Å². The van der Waals surface area contributed by atoms with E-state index in [9.17, 15) is 9.59 Å². The lowest BCUT2D eigenvalue weighted by Crippen LogP contribution is -2.04. The van der Waals surface area contributed by atoms with Gasteiger partial charge in [0.25, 0.3) is 0 Å². The van der Waals surface area contributed by atoms with Crippen molar-refractivity contribution in [1.82, 2.24) is 0 Å². The van der Waals surface area contributed by atoms with E-state index >= 15 is 0 Å². The van der Waals surface area contributed by atoms with Crippen molar-refractivity contribution in [3.8, 4) is 0 Å². The van der Waals surface area contributed by atoms with Gasteiger partial charge in [-0.3, -0.25) is 0 Å². The Bertz CT molecular complexity index is 567. The molecule has 0 bridgehead atoms. The second kappa shape index (κ2) is 5.76. The van der Waals surface area contributed by atoms with Crippen LogP contribution in [-0.2, 0) is 9.59 Å². The van der Waals surface area contributed by atoms with Gasteiger partial charge < -0.3 is 4.79 Å². The Hall–Kier alpha value is -2.44. The first kappa shape index (κ1) is 12.0. The summed E-state index contributed by atoms with van der Waals surface area (Å²) in [6.45, 7) is 0. The summed E-state index contributed by atoms with van der Waals surface area (Å²) in [4.78, 5) is 22.4. The van der Waals surface area contributed by atoms with E-state index in [2.05, 4.69) is 0 Å². The molecule has 2 heteroatoms. The van der Waals surface area contributed by atoms with E-state index in [-0.39, 0.29) is 0 Å². The molecule has 0 aliphatic carbocycles. The maximum absolute atomic E-state index is 11.3. The van der Waals surface area contributed by atoms with Crippen LogP contribution < -0.4 is 0 Å². The van der Waals surface area contributed by atoms with Gasteiger partial charge >= 0.3 is 0 Å². The van der Waals surface area contributed by atoms with Gasteiger partial charge in [0.2, 0.25) is 0 Å². The van der Waals surface area contributed by atoms with Crippen LogP contribution in [0.3, 0.4) is 0 Å². The molecule has 0 N–H and O–H groups in total. The first-order valence-corrected chi connectivity index (χ1v) is 5.67. The topological polar surface area (TPSA) is 34.1 Å². The zero-order valence-corrected chi connectivity index (χ0v) is 9.74. The molecule has 0 aromatic heterocycles. The maximum Gasteiger partial charge on any atom is 0.132 e. The summed E-state index contributed by atoms with van der Waals surface area (Å²) in [6.07, 6.45) is 0.780. The molecule has 0 radical (unpaired) electrons. The van der Waals surface area contributed by atoms with Gasteiger partial charge in [-0.05, 0) is 11.1 Å². The number of carbonyl (C=O) groups excluding carboxylic acids is 2. The first-order chi connectivity index (χ1) is 8.86. The standard InChI is InChI=1S/C16H12O2/c17-11-15(13-7-3-1-4-8-13)16(12-18)14-9-5-2-6-10-14/h1-11,15H. The monoisotopic (exact) mass is 236 g/mol. The molecular formula is C16H12O2. The van der Waals surface area contributed by atoms with Crippen molar-refractivity contribution in [3.63, 3.8) is 0 Å². The van der Waals surface area contributed by atoms with Gasteiger partial charge in [0.05, 0.1) is 11.5 Å². The predicted octanol–water partition coefficient (Wildman–Crippen LogP) is 2.88. The van der Waals surface area contributed by atoms with Gasteiger partial charge in [0.15, 0.2) is 0 Å². The predicted molar refractivity (Wildman–Crippen MR) is 70.8 cm³/mol. The quantitative estimate of drug-likeness (QED) is 0.604. The Labute approximate surface area is 106 Å². The molecule has 0 aliphatic heterocycles. The number of aldehydes is 1. The van der Waals surface area contributed by atoms with Gasteiger partial charge in [-0.2, -0.15) is 0 Å². The fourth-order valence-corrected chi connectivity index (χ4v) is 1.89. The molecule has 2 nitrogen and oxygen atoms in total. The number of rotatable bonds is 4. The Morgan fingerprint density at radius 3 is 2.00 bits per heavy atom. The average Bonchev–Trinajstić information content (AvgIpc) is 2.46. The summed E-state index contributed by atoms with van der Waals surface area (Å²) in [5.41, 5.74) is 1.90. The van der Waals surface area contributed by atoms with Crippen LogP contribution in [0.2, 0.25) is 0 Å². The van der Waals surface area contributed by atoms with E-state index in [0.717, 1.165) is 17.4 Å². The Morgan fingerprint density at radius 1 is 0.944 bits per heavy atom. The van der Waals surface area contributed by atoms with Gasteiger partial charge in [-0.15, -0.1) is 0 Å². The minimum atomic E-state index is -0.564. The van der Waals surface area contributed by atoms with Crippen molar-refractivity contribution < 1.29 is 9.59 Å². The smallest absolute Gasteiger partial charge is 0.132 e. The van der Waals surface area contributed by atoms with E-state index in [1.165, 1.54) is 0 Å². The maximum atomic E-state index is 11.3. The Balaban J connectivity index is 2.45. The molecular weight excluding hydrogens is 224 g/mol. The SMILES string of the molecule is O=C=C(c1ccccc1)C(C=O)c1ccccc1. The molecule has 2 aromatic rings. The summed E-state index contributed by atoms with van der Waals surface area (Å²) in [7, 11) is 0. The average molecular weight is 236 g/mol. The molecule has 2 aromatic carbocycles. The van der Waals surface area contributed by atoms with Gasteiger partial charge in [0.1, 0.15) is 12.2 Å². The normalized spacial score (nSPS) is 11.3. The first-order valence-electron chi connectivity index (χ1n) is 5.67. The third-order valence-electron chi connectivity index (χ3n) is 2.80. The fourth-order valence-electron chi connectivity index (χ4n) is 1.89. The Morgan fingerprint density at radius 2 is 1.50 bits per heavy atom. The molecule has 88 valence electrons. The number of hydrogen-bond acceptors (Lipinski definition) is 2. The lowest BCUT2D eigenvalue weighted by atomic mass is 9.89. The zero-order valence-electron chi connectivity index (χ0n) is 9.74. The molecule has 1 unspecified atom stereocenters. The van der Waals surface area contributed by atoms with Crippen LogP contribution in [0.5, 0.6) is 0 Å². The van der Waals surface area contributed by atoms with Crippen molar-refractivity contribution in [3.05, 3.63) is 71.8 Å². The van der Waals surface area contributed by atoms with Crippen LogP contribution in [-0.4, -0.2) is 12.2 Å². The number of hydrogen-bond donors (Lipinski definition) is 0. The molecule has 18 heavy (non-hydrogen) atoms. The Kier molecular flexibility index (Phi) is 3.85. The highest BCUT2D eigenvalue weighted by Crippen LogP contribution is 2.28. The van der Waals surface area contributed by atoms with Crippen LogP contribution >= 0.6 is 0 Å². The van der Waals surface area contributed by atoms with Crippen LogP contribution in [0.25, 0.3) is 5.57 Å². The van der Waals surface area contributed by atoms with Crippen LogP contribution in [0, 0.1) is 0 Å². The second-order valence-corrected chi connectivity index (χ2v) is 3.91. The van der Waals surface area contributed by atoms with Gasteiger partial charge in [0, 0.05) is 0 Å². The summed E-state index contributed by atoms with van der Waals surface area (Å²) in [5.74, 6) is 1.34. The van der Waals surface area contributed by atoms with Crippen LogP contribution in [0.4, 0.5) is 0 Å². The molecule has 0 heterocycles. The summed E-state index contributed by atoms with van der Waals surface area (Å²) in [6, 6.07) is 18.4. The highest BCUT2D eigenvalue weighted by Gasteiger charge is 2.18. The van der Waals surface area contributed by atoms with E-state index < -0.39 is 5.92 Å². The molecule has 0 aliphatic rings. The molecule has 1 atom stereocenters. The minimum Gasteiger partial charge on any atom is -0.302 e. The minimum absolute atomic E-state index is 0.372. The van der Waals surface area contributed by atoms with E-state index in [0.29, 0.717) is 5.57 Å². The largest absolute Gasteiger partial charge is 0.302 e. The van der Waals surface area contributed by atoms with E-state index in [4.69, 9.17) is 0 Å². The molecule has 0 spiro atoms. The van der Waals surface area contributed by atoms with Crippen LogP contribution in [0.15, 0.2) is 60.7 Å². The third kappa shape index (κ3) is 2.45. The highest BCUT2D eigenvalue weighted by atomic mass is 16.1. The number of carbonyl (C=O) groups is 1. The third-order valence-corrected chi connectivity index (χ3v) is 2.80. The lowest BCUT2D eigenvalue weighted by Gasteiger charge is -2.12. The summed E-state index contributed by atoms with van der Waals surface area (Å²) < 4.78 is 0. The molecule has 0 saturated carbocycles. The molecule has 0 fully saturated rings.